The maximum atomic E-state index is 5.47. The molecule has 2 heterocycles. The summed E-state index contributed by atoms with van der Waals surface area (Å²) in [7, 11) is 1.69. The van der Waals surface area contributed by atoms with Crippen molar-refractivity contribution in [1.82, 2.24) is 25.4 Å². The smallest absolute Gasteiger partial charge is 0.192 e. The Morgan fingerprint density at radius 3 is 2.83 bits per heavy atom. The van der Waals surface area contributed by atoms with Gasteiger partial charge >= 0.3 is 0 Å². The normalized spacial score (nSPS) is 12.6. The number of nitrogens with one attached hydrogen (secondary N) is 2. The molecular weight excluding hydrogens is 396 g/mol. The van der Waals surface area contributed by atoms with Gasteiger partial charge in [-0.3, -0.25) is 0 Å². The molecule has 3 aromatic rings. The average molecular weight is 427 g/mol. The summed E-state index contributed by atoms with van der Waals surface area (Å²) in [5.74, 6) is 2.62. The molecule has 0 saturated heterocycles. The fourth-order valence-electron chi connectivity index (χ4n) is 3.21. The van der Waals surface area contributed by atoms with Crippen molar-refractivity contribution >= 4 is 17.3 Å². The van der Waals surface area contributed by atoms with Gasteiger partial charge in [0.05, 0.1) is 19.7 Å². The summed E-state index contributed by atoms with van der Waals surface area (Å²) in [5, 5.41) is 17.3. The second kappa shape index (κ2) is 11.3. The van der Waals surface area contributed by atoms with Crippen molar-refractivity contribution in [3.63, 3.8) is 0 Å². The highest BCUT2D eigenvalue weighted by Crippen LogP contribution is 2.22. The Morgan fingerprint density at radius 2 is 2.10 bits per heavy atom. The SMILES string of the molecule is CCc1nncn1CCNC(=NCc1ccccc1OC)NC(CC)c1cccs1. The van der Waals surface area contributed by atoms with Gasteiger partial charge in [0, 0.05) is 30.0 Å². The fourth-order valence-corrected chi connectivity index (χ4v) is 4.07. The molecule has 160 valence electrons. The lowest BCUT2D eigenvalue weighted by Gasteiger charge is -2.20. The highest BCUT2D eigenvalue weighted by Gasteiger charge is 2.13. The number of hydrogen-bond donors (Lipinski definition) is 2. The van der Waals surface area contributed by atoms with Crippen LogP contribution in [0.3, 0.4) is 0 Å². The number of aliphatic imine (C=N–C) groups is 1. The molecule has 0 spiro atoms. The van der Waals surface area contributed by atoms with E-state index in [1.54, 1.807) is 24.8 Å². The zero-order chi connectivity index (χ0) is 21.2. The van der Waals surface area contributed by atoms with E-state index >= 15 is 0 Å². The number of ether oxygens (including phenoxy) is 1. The number of para-hydroxylation sites is 1. The number of aromatic nitrogens is 3. The third-order valence-corrected chi connectivity index (χ3v) is 5.85. The molecule has 0 radical (unpaired) electrons. The van der Waals surface area contributed by atoms with Gasteiger partial charge in [0.2, 0.25) is 0 Å². The molecule has 30 heavy (non-hydrogen) atoms. The van der Waals surface area contributed by atoms with Gasteiger partial charge < -0.3 is 19.9 Å². The molecule has 0 bridgehead atoms. The van der Waals surface area contributed by atoms with Crippen LogP contribution in [0, 0.1) is 0 Å². The van der Waals surface area contributed by atoms with Gasteiger partial charge in [-0.2, -0.15) is 0 Å². The maximum Gasteiger partial charge on any atom is 0.192 e. The van der Waals surface area contributed by atoms with Gasteiger partial charge in [-0.15, -0.1) is 21.5 Å². The van der Waals surface area contributed by atoms with Gasteiger partial charge in [-0.25, -0.2) is 4.99 Å². The van der Waals surface area contributed by atoms with Gasteiger partial charge in [0.15, 0.2) is 5.96 Å². The van der Waals surface area contributed by atoms with Gasteiger partial charge in [-0.1, -0.05) is 38.1 Å². The van der Waals surface area contributed by atoms with Crippen molar-refractivity contribution < 1.29 is 4.74 Å². The van der Waals surface area contributed by atoms with E-state index in [4.69, 9.17) is 9.73 Å². The summed E-state index contributed by atoms with van der Waals surface area (Å²) >= 11 is 1.76. The topological polar surface area (TPSA) is 76.4 Å². The van der Waals surface area contributed by atoms with Crippen molar-refractivity contribution in [3.05, 3.63) is 64.4 Å². The molecule has 0 aliphatic carbocycles. The second-order valence-corrected chi connectivity index (χ2v) is 7.80. The van der Waals surface area contributed by atoms with Crippen molar-refractivity contribution in [2.75, 3.05) is 13.7 Å². The minimum absolute atomic E-state index is 0.218. The first-order chi connectivity index (χ1) is 14.7. The molecule has 3 rings (SSSR count). The molecule has 0 amide bonds. The number of hydrogen-bond acceptors (Lipinski definition) is 5. The lowest BCUT2D eigenvalue weighted by Crippen LogP contribution is -2.40. The third-order valence-electron chi connectivity index (χ3n) is 4.86. The Balaban J connectivity index is 1.71. The fraction of sp³-hybridized carbons (Fsp3) is 0.409. The first-order valence-electron chi connectivity index (χ1n) is 10.3. The van der Waals surface area contributed by atoms with Gasteiger partial charge in [0.25, 0.3) is 0 Å². The molecule has 1 aromatic carbocycles. The van der Waals surface area contributed by atoms with E-state index in [0.717, 1.165) is 49.0 Å². The zero-order valence-electron chi connectivity index (χ0n) is 17.8. The minimum atomic E-state index is 0.218. The Hall–Kier alpha value is -2.87. The molecule has 8 heteroatoms. The van der Waals surface area contributed by atoms with Crippen LogP contribution in [0.25, 0.3) is 0 Å². The van der Waals surface area contributed by atoms with Crippen LogP contribution in [-0.2, 0) is 19.5 Å². The first-order valence-corrected chi connectivity index (χ1v) is 11.2. The van der Waals surface area contributed by atoms with Crippen molar-refractivity contribution in [3.8, 4) is 5.75 Å². The van der Waals surface area contributed by atoms with Crippen LogP contribution in [0.1, 0.15) is 42.6 Å². The molecule has 0 saturated carbocycles. The van der Waals surface area contributed by atoms with E-state index < -0.39 is 0 Å². The molecule has 2 N–H and O–H groups in total. The van der Waals surface area contributed by atoms with Crippen LogP contribution in [0.15, 0.2) is 53.1 Å². The Labute approximate surface area is 182 Å². The minimum Gasteiger partial charge on any atom is -0.496 e. The van der Waals surface area contributed by atoms with Crippen LogP contribution in [-0.4, -0.2) is 34.4 Å². The van der Waals surface area contributed by atoms with Crippen LogP contribution >= 0.6 is 11.3 Å². The number of benzene rings is 1. The van der Waals surface area contributed by atoms with E-state index in [-0.39, 0.29) is 6.04 Å². The molecule has 1 unspecified atom stereocenters. The number of thiophene rings is 1. The lowest BCUT2D eigenvalue weighted by atomic mass is 10.2. The number of aryl methyl sites for hydroxylation is 1. The van der Waals surface area contributed by atoms with E-state index in [2.05, 4.69) is 56.8 Å². The number of methoxy groups -OCH3 is 1. The standard InChI is InChI=1S/C22H30N6OS/c1-4-18(20-11-8-14-30-20)26-22(23-12-13-28-16-25-27-21(28)5-2)24-15-17-9-6-7-10-19(17)29-3/h6-11,14,16,18H,4-5,12-13,15H2,1-3H3,(H2,23,24,26). The predicted octanol–water partition coefficient (Wildman–Crippen LogP) is 3.80. The van der Waals surface area contributed by atoms with E-state index in [0.29, 0.717) is 6.54 Å². The second-order valence-electron chi connectivity index (χ2n) is 6.82. The largest absolute Gasteiger partial charge is 0.496 e. The molecule has 0 aliphatic heterocycles. The summed E-state index contributed by atoms with van der Waals surface area (Å²) < 4.78 is 7.54. The first kappa shape index (κ1) is 21.8. The van der Waals surface area contributed by atoms with E-state index in [1.807, 2.05) is 24.3 Å². The number of guanidine groups is 1. The van der Waals surface area contributed by atoms with Crippen LogP contribution < -0.4 is 15.4 Å². The highest BCUT2D eigenvalue weighted by molar-refractivity contribution is 7.10. The monoisotopic (exact) mass is 426 g/mol. The summed E-state index contributed by atoms with van der Waals surface area (Å²) in [6, 6.07) is 12.4. The number of nitrogens with zero attached hydrogens (tertiary/aromatic N) is 4. The summed E-state index contributed by atoms with van der Waals surface area (Å²) in [6.45, 7) is 6.31. The van der Waals surface area contributed by atoms with Gasteiger partial charge in [0.1, 0.15) is 17.9 Å². The molecule has 0 aliphatic rings. The van der Waals surface area contributed by atoms with Crippen molar-refractivity contribution in [1.29, 1.82) is 0 Å². The molecule has 2 aromatic heterocycles. The maximum absolute atomic E-state index is 5.47. The Bertz CT molecular complexity index is 921. The van der Waals surface area contributed by atoms with Crippen LogP contribution in [0.5, 0.6) is 5.75 Å². The highest BCUT2D eigenvalue weighted by atomic mass is 32.1. The van der Waals surface area contributed by atoms with Crippen molar-refractivity contribution in [2.24, 2.45) is 4.99 Å². The quantitative estimate of drug-likeness (QED) is 0.381. The predicted molar refractivity (Wildman–Crippen MR) is 122 cm³/mol. The summed E-state index contributed by atoms with van der Waals surface area (Å²) in [6.07, 6.45) is 3.62. The Kier molecular flexibility index (Phi) is 8.26. The zero-order valence-corrected chi connectivity index (χ0v) is 18.7. The lowest BCUT2D eigenvalue weighted by molar-refractivity contribution is 0.410. The molecule has 1 atom stereocenters. The molecule has 0 fully saturated rings. The van der Waals surface area contributed by atoms with E-state index in [9.17, 15) is 0 Å². The molecular formula is C22H30N6OS. The van der Waals surface area contributed by atoms with Gasteiger partial charge in [-0.05, 0) is 23.9 Å². The van der Waals surface area contributed by atoms with Crippen molar-refractivity contribution in [2.45, 2.75) is 45.8 Å². The Morgan fingerprint density at radius 1 is 1.23 bits per heavy atom. The van der Waals surface area contributed by atoms with E-state index in [1.165, 1.54) is 4.88 Å². The number of rotatable bonds is 10. The summed E-state index contributed by atoms with van der Waals surface area (Å²) in [5.41, 5.74) is 1.05. The van der Waals surface area contributed by atoms with Crippen LogP contribution in [0.2, 0.25) is 0 Å². The average Bonchev–Trinajstić information content (AvgIpc) is 3.47. The summed E-state index contributed by atoms with van der Waals surface area (Å²) in [4.78, 5) is 6.14. The van der Waals surface area contributed by atoms with Crippen LogP contribution in [0.4, 0.5) is 0 Å². The molecule has 7 nitrogen and oxygen atoms in total. The third kappa shape index (κ3) is 5.82.